The fraction of sp³-hybridized carbons (Fsp3) is 0. The zero-order valence-electron chi connectivity index (χ0n) is 11.7. The molecule has 0 saturated heterocycles. The molecule has 0 radical (unpaired) electrons. The average Bonchev–Trinajstić information content (AvgIpc) is 2.56. The van der Waals surface area contributed by atoms with Gasteiger partial charge in [-0.25, -0.2) is 0 Å². The molecule has 22 heavy (non-hydrogen) atoms. The molecule has 1 aromatic heterocycles. The fourth-order valence-electron chi connectivity index (χ4n) is 2.25. The first kappa shape index (κ1) is 13.8. The predicted octanol–water partition coefficient (Wildman–Crippen LogP) is 3.83. The second-order valence-electron chi connectivity index (χ2n) is 4.79. The van der Waals surface area contributed by atoms with Crippen LogP contribution in [0.25, 0.3) is 16.8 Å². The standard InChI is InChI=1S/C18H14N2O2/c21-18-12-14-6-2-1-5-13(14)11-16(18)17(20-22)9-8-15-7-3-4-10-19-15/h1-12,21-22H/b9-8+,20-17+. The van der Waals surface area contributed by atoms with Crippen LogP contribution < -0.4 is 0 Å². The Morgan fingerprint density at radius 2 is 1.73 bits per heavy atom. The molecule has 2 aromatic carbocycles. The summed E-state index contributed by atoms with van der Waals surface area (Å²) in [4.78, 5) is 4.17. The van der Waals surface area contributed by atoms with Gasteiger partial charge >= 0.3 is 0 Å². The van der Waals surface area contributed by atoms with Crippen molar-refractivity contribution in [2.45, 2.75) is 0 Å². The average molecular weight is 290 g/mol. The van der Waals surface area contributed by atoms with Crippen molar-refractivity contribution < 1.29 is 10.3 Å². The molecular formula is C18H14N2O2. The maximum absolute atomic E-state index is 10.2. The third kappa shape index (κ3) is 2.81. The highest BCUT2D eigenvalue weighted by Gasteiger charge is 2.09. The van der Waals surface area contributed by atoms with Gasteiger partial charge in [-0.2, -0.15) is 0 Å². The lowest BCUT2D eigenvalue weighted by Crippen LogP contribution is -1.98. The molecule has 1 heterocycles. The van der Waals surface area contributed by atoms with E-state index in [1.165, 1.54) is 0 Å². The van der Waals surface area contributed by atoms with Crippen LogP contribution in [0.2, 0.25) is 0 Å². The molecule has 0 fully saturated rings. The second kappa shape index (κ2) is 6.10. The van der Waals surface area contributed by atoms with Crippen molar-refractivity contribution in [3.05, 3.63) is 78.1 Å². The summed E-state index contributed by atoms with van der Waals surface area (Å²) < 4.78 is 0. The SMILES string of the molecule is O/N=C(\C=C\c1ccccn1)c1cc2ccccc2cc1O. The van der Waals surface area contributed by atoms with Crippen molar-refractivity contribution in [1.29, 1.82) is 0 Å². The highest BCUT2D eigenvalue weighted by molar-refractivity contribution is 6.13. The van der Waals surface area contributed by atoms with Crippen molar-refractivity contribution in [2.75, 3.05) is 0 Å². The lowest BCUT2D eigenvalue weighted by Gasteiger charge is -2.06. The summed E-state index contributed by atoms with van der Waals surface area (Å²) in [5, 5.41) is 24.6. The van der Waals surface area contributed by atoms with Gasteiger partial charge in [0.1, 0.15) is 11.5 Å². The molecule has 0 unspecified atom stereocenters. The maximum atomic E-state index is 10.2. The minimum Gasteiger partial charge on any atom is -0.507 e. The molecule has 3 aromatic rings. The molecule has 0 spiro atoms. The first-order chi connectivity index (χ1) is 10.8. The number of hydrogen-bond donors (Lipinski definition) is 2. The summed E-state index contributed by atoms with van der Waals surface area (Å²) in [7, 11) is 0. The molecule has 4 heteroatoms. The van der Waals surface area contributed by atoms with Gasteiger partial charge in [0.25, 0.3) is 0 Å². The number of phenolic OH excluding ortho intramolecular Hbond substituents is 1. The normalized spacial score (nSPS) is 12.1. The van der Waals surface area contributed by atoms with Crippen molar-refractivity contribution >= 4 is 22.6 Å². The number of aromatic hydroxyl groups is 1. The summed E-state index contributed by atoms with van der Waals surface area (Å²) in [5.41, 5.74) is 1.48. The summed E-state index contributed by atoms with van der Waals surface area (Å²) in [6.07, 6.45) is 5.03. The third-order valence-corrected chi connectivity index (χ3v) is 3.35. The molecule has 3 rings (SSSR count). The van der Waals surface area contributed by atoms with Crippen LogP contribution in [-0.4, -0.2) is 21.0 Å². The lowest BCUT2D eigenvalue weighted by atomic mass is 10.0. The molecule has 108 valence electrons. The summed E-state index contributed by atoms with van der Waals surface area (Å²) in [6, 6.07) is 16.7. The van der Waals surface area contributed by atoms with Gasteiger partial charge in [0, 0.05) is 11.8 Å². The molecular weight excluding hydrogens is 276 g/mol. The number of aromatic nitrogens is 1. The van der Waals surface area contributed by atoms with Crippen molar-refractivity contribution in [3.8, 4) is 5.75 Å². The van der Waals surface area contributed by atoms with Crippen LogP contribution >= 0.6 is 0 Å². The smallest absolute Gasteiger partial charge is 0.125 e. The largest absolute Gasteiger partial charge is 0.507 e. The Labute approximate surface area is 127 Å². The highest BCUT2D eigenvalue weighted by Crippen LogP contribution is 2.26. The van der Waals surface area contributed by atoms with Gasteiger partial charge in [0.2, 0.25) is 0 Å². The van der Waals surface area contributed by atoms with E-state index >= 15 is 0 Å². The van der Waals surface area contributed by atoms with E-state index < -0.39 is 0 Å². The molecule has 0 amide bonds. The van der Waals surface area contributed by atoms with Crippen LogP contribution in [0.4, 0.5) is 0 Å². The van der Waals surface area contributed by atoms with E-state index in [0.717, 1.165) is 16.5 Å². The molecule has 0 bridgehead atoms. The van der Waals surface area contributed by atoms with Gasteiger partial charge in [0.15, 0.2) is 0 Å². The van der Waals surface area contributed by atoms with E-state index in [-0.39, 0.29) is 11.5 Å². The number of pyridine rings is 1. The van der Waals surface area contributed by atoms with Gasteiger partial charge in [-0.1, -0.05) is 35.5 Å². The van der Waals surface area contributed by atoms with Crippen LogP contribution in [0.5, 0.6) is 5.75 Å². The van der Waals surface area contributed by atoms with Crippen LogP contribution in [-0.2, 0) is 0 Å². The monoisotopic (exact) mass is 290 g/mol. The second-order valence-corrected chi connectivity index (χ2v) is 4.79. The summed E-state index contributed by atoms with van der Waals surface area (Å²) in [6.45, 7) is 0. The van der Waals surface area contributed by atoms with Gasteiger partial charge in [-0.15, -0.1) is 0 Å². The predicted molar refractivity (Wildman–Crippen MR) is 87.2 cm³/mol. The van der Waals surface area contributed by atoms with E-state index in [1.54, 1.807) is 30.5 Å². The number of oxime groups is 1. The highest BCUT2D eigenvalue weighted by atomic mass is 16.4. The Bertz CT molecular complexity index is 855. The Balaban J connectivity index is 2.01. The number of benzene rings is 2. The number of allylic oxidation sites excluding steroid dienone is 1. The van der Waals surface area contributed by atoms with Crippen molar-refractivity contribution in [2.24, 2.45) is 5.16 Å². The minimum absolute atomic E-state index is 0.0668. The van der Waals surface area contributed by atoms with Crippen LogP contribution in [0.15, 0.2) is 72.0 Å². The van der Waals surface area contributed by atoms with Crippen LogP contribution in [0, 0.1) is 0 Å². The summed E-state index contributed by atoms with van der Waals surface area (Å²) in [5.74, 6) is 0.0668. The lowest BCUT2D eigenvalue weighted by molar-refractivity contribution is 0.319. The minimum atomic E-state index is 0.0668. The van der Waals surface area contributed by atoms with Crippen LogP contribution in [0.3, 0.4) is 0 Å². The van der Waals surface area contributed by atoms with Gasteiger partial charge < -0.3 is 10.3 Å². The van der Waals surface area contributed by atoms with E-state index in [9.17, 15) is 10.3 Å². The Kier molecular flexibility index (Phi) is 3.83. The Morgan fingerprint density at radius 1 is 1.00 bits per heavy atom. The molecule has 0 aliphatic heterocycles. The number of hydrogen-bond acceptors (Lipinski definition) is 4. The zero-order chi connectivity index (χ0) is 15.4. The van der Waals surface area contributed by atoms with Crippen LogP contribution in [0.1, 0.15) is 11.3 Å². The number of nitrogens with zero attached hydrogens (tertiary/aromatic N) is 2. The summed E-state index contributed by atoms with van der Waals surface area (Å²) >= 11 is 0. The Morgan fingerprint density at radius 3 is 2.41 bits per heavy atom. The molecule has 0 aliphatic carbocycles. The third-order valence-electron chi connectivity index (χ3n) is 3.35. The zero-order valence-corrected chi connectivity index (χ0v) is 11.7. The number of phenols is 1. The first-order valence-electron chi connectivity index (χ1n) is 6.81. The molecule has 0 saturated carbocycles. The van der Waals surface area contributed by atoms with Gasteiger partial charge in [-0.05, 0) is 47.2 Å². The van der Waals surface area contributed by atoms with Gasteiger partial charge in [-0.3, -0.25) is 4.98 Å². The topological polar surface area (TPSA) is 65.7 Å². The Hall–Kier alpha value is -3.14. The number of rotatable bonds is 3. The fourth-order valence-corrected chi connectivity index (χ4v) is 2.25. The maximum Gasteiger partial charge on any atom is 0.125 e. The van der Waals surface area contributed by atoms with E-state index in [1.807, 2.05) is 42.5 Å². The van der Waals surface area contributed by atoms with E-state index in [4.69, 9.17) is 0 Å². The number of fused-ring (bicyclic) bond motifs is 1. The van der Waals surface area contributed by atoms with E-state index in [2.05, 4.69) is 10.1 Å². The molecule has 0 aliphatic rings. The van der Waals surface area contributed by atoms with Crippen molar-refractivity contribution in [3.63, 3.8) is 0 Å². The van der Waals surface area contributed by atoms with E-state index in [0.29, 0.717) is 5.56 Å². The molecule has 2 N–H and O–H groups in total. The first-order valence-corrected chi connectivity index (χ1v) is 6.81. The molecule has 0 atom stereocenters. The quantitative estimate of drug-likeness (QED) is 0.437. The van der Waals surface area contributed by atoms with Gasteiger partial charge in [0.05, 0.1) is 5.69 Å². The molecule has 4 nitrogen and oxygen atoms in total. The van der Waals surface area contributed by atoms with Crippen molar-refractivity contribution in [1.82, 2.24) is 4.98 Å².